The number of carbonyl (C=O) groups is 3. The molecule has 0 radical (unpaired) electrons. The Bertz CT molecular complexity index is 1060. The van der Waals surface area contributed by atoms with Gasteiger partial charge in [0.15, 0.2) is 0 Å². The van der Waals surface area contributed by atoms with Gasteiger partial charge < -0.3 is 15.4 Å². The summed E-state index contributed by atoms with van der Waals surface area (Å²) in [5.74, 6) is 1.30. The highest BCUT2D eigenvalue weighted by Gasteiger charge is 2.58. The normalized spacial score (nSPS) is 28.1. The van der Waals surface area contributed by atoms with E-state index in [2.05, 4.69) is 21.2 Å². The fourth-order valence-corrected chi connectivity index (χ4v) is 6.77. The third kappa shape index (κ3) is 6.06. The Kier molecular flexibility index (Phi) is 8.20. The molecule has 10 nitrogen and oxygen atoms in total. The molecule has 0 spiro atoms. The molecule has 38 heavy (non-hydrogen) atoms. The van der Waals surface area contributed by atoms with E-state index < -0.39 is 11.0 Å². The molecule has 0 saturated heterocycles. The second-order valence-electron chi connectivity index (χ2n) is 12.3. The Hall–Kier alpha value is -2.88. The van der Waals surface area contributed by atoms with E-state index in [0.29, 0.717) is 30.6 Å². The minimum Gasteiger partial charge on any atom is -0.477 e. The maximum atomic E-state index is 13.6. The van der Waals surface area contributed by atoms with Gasteiger partial charge in [0.05, 0.1) is 30.4 Å². The van der Waals surface area contributed by atoms with Gasteiger partial charge in [0.1, 0.15) is 5.56 Å². The molecule has 2 unspecified atom stereocenters. The van der Waals surface area contributed by atoms with Gasteiger partial charge in [-0.1, -0.05) is 13.8 Å². The van der Waals surface area contributed by atoms with E-state index in [9.17, 15) is 14.4 Å². The summed E-state index contributed by atoms with van der Waals surface area (Å²) < 4.78 is 7.61. The van der Waals surface area contributed by atoms with Gasteiger partial charge in [0.2, 0.25) is 17.7 Å². The molecule has 10 heteroatoms. The van der Waals surface area contributed by atoms with Crippen LogP contribution in [-0.2, 0) is 14.4 Å². The van der Waals surface area contributed by atoms with Crippen molar-refractivity contribution in [3.05, 3.63) is 17.8 Å². The average Bonchev–Trinajstić information content (AvgIpc) is 3.23. The zero-order chi connectivity index (χ0) is 27.7. The minimum absolute atomic E-state index is 0.0110. The fraction of sp³-hybridized carbons (Fsp3) is 0.714. The lowest BCUT2D eigenvalue weighted by Gasteiger charge is -2.59. The van der Waals surface area contributed by atoms with E-state index in [1.54, 1.807) is 10.9 Å². The number of rotatable bonds is 11. The first kappa shape index (κ1) is 28.1. The van der Waals surface area contributed by atoms with Crippen LogP contribution >= 0.6 is 0 Å². The first-order valence-electron chi connectivity index (χ1n) is 13.8. The van der Waals surface area contributed by atoms with Crippen molar-refractivity contribution < 1.29 is 24.0 Å². The van der Waals surface area contributed by atoms with E-state index in [0.717, 1.165) is 32.1 Å². The van der Waals surface area contributed by atoms with Gasteiger partial charge >= 0.3 is 0 Å². The van der Waals surface area contributed by atoms with Gasteiger partial charge in [-0.3, -0.25) is 19.2 Å². The van der Waals surface area contributed by atoms with Crippen molar-refractivity contribution in [2.24, 2.45) is 29.1 Å². The monoisotopic (exact) mass is 529 g/mol. The van der Waals surface area contributed by atoms with E-state index in [-0.39, 0.29) is 41.5 Å². The number of carbonyl (C=O) groups excluding carboxylic acids is 3. The summed E-state index contributed by atoms with van der Waals surface area (Å²) in [5, 5.41) is 10.6. The SMILES string of the molecule is CCONC(=O)C12CC3CC(C1)C(NC(=O)c1cnn(C=CC(C)(C)NC(C)=O)c1OCC(C)C)C(C3)C2. The second kappa shape index (κ2) is 11.1. The molecule has 4 aliphatic rings. The smallest absolute Gasteiger partial charge is 0.258 e. The number of aromatic nitrogens is 2. The standard InChI is InChI=1S/C28H43N5O5/c1-7-38-32-26(36)28-12-19-10-20(13-28)23(21(11-19)14-28)30-24(35)22-15-29-33(25(22)37-16-17(2)3)9-8-27(5,6)31-18(4)34/h8-9,15,17,19-21,23H,7,10-14,16H2,1-6H3,(H,30,35)(H,31,34)(H,32,36). The van der Waals surface area contributed by atoms with Crippen LogP contribution < -0.4 is 20.9 Å². The van der Waals surface area contributed by atoms with Gasteiger partial charge in [-0.05, 0) is 82.6 Å². The van der Waals surface area contributed by atoms with Gasteiger partial charge in [0, 0.05) is 19.2 Å². The van der Waals surface area contributed by atoms with Gasteiger partial charge in [-0.25, -0.2) is 10.2 Å². The molecular weight excluding hydrogens is 486 g/mol. The lowest BCUT2D eigenvalue weighted by atomic mass is 9.47. The van der Waals surface area contributed by atoms with Crippen LogP contribution in [0.25, 0.3) is 6.20 Å². The number of amides is 3. The second-order valence-corrected chi connectivity index (χ2v) is 12.3. The maximum absolute atomic E-state index is 13.6. The van der Waals surface area contributed by atoms with Crippen molar-refractivity contribution in [3.8, 4) is 5.88 Å². The molecule has 2 atom stereocenters. The zero-order valence-corrected chi connectivity index (χ0v) is 23.5. The maximum Gasteiger partial charge on any atom is 0.258 e. The summed E-state index contributed by atoms with van der Waals surface area (Å²) in [6.07, 6.45) is 9.56. The number of nitrogens with one attached hydrogen (secondary N) is 3. The van der Waals surface area contributed by atoms with Crippen LogP contribution in [0.2, 0.25) is 0 Å². The lowest BCUT2D eigenvalue weighted by molar-refractivity contribution is -0.161. The van der Waals surface area contributed by atoms with Gasteiger partial charge in [0.25, 0.3) is 5.91 Å². The summed E-state index contributed by atoms with van der Waals surface area (Å²) in [6, 6.07) is 0.0163. The minimum atomic E-state index is -0.597. The van der Waals surface area contributed by atoms with E-state index >= 15 is 0 Å². The summed E-state index contributed by atoms with van der Waals surface area (Å²) in [5.41, 5.74) is 2.04. The third-order valence-electron chi connectivity index (χ3n) is 8.04. The molecule has 210 valence electrons. The van der Waals surface area contributed by atoms with Crippen LogP contribution in [0.5, 0.6) is 5.88 Å². The number of hydrogen-bond donors (Lipinski definition) is 3. The van der Waals surface area contributed by atoms with Crippen molar-refractivity contribution in [1.29, 1.82) is 0 Å². The highest BCUT2D eigenvalue weighted by Crippen LogP contribution is 2.60. The van der Waals surface area contributed by atoms with Gasteiger partial charge in [-0.2, -0.15) is 5.10 Å². The molecule has 3 N–H and O–H groups in total. The van der Waals surface area contributed by atoms with Crippen LogP contribution in [0.15, 0.2) is 12.3 Å². The number of hydroxylamine groups is 1. The number of ether oxygens (including phenoxy) is 1. The van der Waals surface area contributed by atoms with Crippen LogP contribution in [0.1, 0.15) is 84.0 Å². The Morgan fingerprint density at radius 3 is 2.50 bits per heavy atom. The predicted molar refractivity (Wildman–Crippen MR) is 143 cm³/mol. The third-order valence-corrected chi connectivity index (χ3v) is 8.04. The largest absolute Gasteiger partial charge is 0.477 e. The average molecular weight is 530 g/mol. The summed E-state index contributed by atoms with van der Waals surface area (Å²) in [7, 11) is 0. The Morgan fingerprint density at radius 1 is 1.21 bits per heavy atom. The van der Waals surface area contributed by atoms with E-state index in [1.807, 2.05) is 40.7 Å². The summed E-state index contributed by atoms with van der Waals surface area (Å²) in [4.78, 5) is 43.3. The molecule has 0 aromatic carbocycles. The zero-order valence-electron chi connectivity index (χ0n) is 23.5. The first-order chi connectivity index (χ1) is 17.9. The predicted octanol–water partition coefficient (Wildman–Crippen LogP) is 3.30. The van der Waals surface area contributed by atoms with Crippen molar-refractivity contribution in [1.82, 2.24) is 25.9 Å². The van der Waals surface area contributed by atoms with Crippen molar-refractivity contribution in [2.45, 2.75) is 85.2 Å². The molecule has 3 amide bonds. The molecule has 1 aromatic rings. The molecular formula is C28H43N5O5. The molecule has 4 saturated carbocycles. The quantitative estimate of drug-likeness (QED) is 0.378. The van der Waals surface area contributed by atoms with Crippen LogP contribution in [0.3, 0.4) is 0 Å². The number of hydrogen-bond acceptors (Lipinski definition) is 6. The summed E-state index contributed by atoms with van der Waals surface area (Å²) in [6.45, 7) is 12.0. The van der Waals surface area contributed by atoms with E-state index in [4.69, 9.17) is 9.57 Å². The molecule has 4 aliphatic carbocycles. The van der Waals surface area contributed by atoms with Crippen LogP contribution in [0, 0.1) is 29.1 Å². The van der Waals surface area contributed by atoms with Gasteiger partial charge in [-0.15, -0.1) is 0 Å². The van der Waals surface area contributed by atoms with Crippen molar-refractivity contribution in [2.75, 3.05) is 13.2 Å². The number of nitrogens with zero attached hydrogens (tertiary/aromatic N) is 2. The first-order valence-corrected chi connectivity index (χ1v) is 13.8. The molecule has 1 aromatic heterocycles. The van der Waals surface area contributed by atoms with Crippen LogP contribution in [-0.4, -0.2) is 52.3 Å². The molecule has 0 aliphatic heterocycles. The topological polar surface area (TPSA) is 124 Å². The fourth-order valence-electron chi connectivity index (χ4n) is 6.77. The van der Waals surface area contributed by atoms with Crippen molar-refractivity contribution >= 4 is 23.9 Å². The Morgan fingerprint density at radius 2 is 1.89 bits per heavy atom. The molecule has 1 heterocycles. The highest BCUT2D eigenvalue weighted by atomic mass is 16.6. The molecule has 4 fully saturated rings. The molecule has 5 rings (SSSR count). The Balaban J connectivity index is 1.51. The van der Waals surface area contributed by atoms with Crippen LogP contribution in [0.4, 0.5) is 0 Å². The molecule has 4 bridgehead atoms. The van der Waals surface area contributed by atoms with Crippen molar-refractivity contribution in [3.63, 3.8) is 0 Å². The highest BCUT2D eigenvalue weighted by molar-refractivity contribution is 5.96. The Labute approximate surface area is 225 Å². The van der Waals surface area contributed by atoms with E-state index in [1.165, 1.54) is 13.1 Å². The summed E-state index contributed by atoms with van der Waals surface area (Å²) >= 11 is 0. The lowest BCUT2D eigenvalue weighted by Crippen LogP contribution is -2.62.